The summed E-state index contributed by atoms with van der Waals surface area (Å²) < 4.78 is 0. The summed E-state index contributed by atoms with van der Waals surface area (Å²) in [5.74, 6) is 1.18. The van der Waals surface area contributed by atoms with E-state index in [0.29, 0.717) is 11.8 Å². The van der Waals surface area contributed by atoms with E-state index < -0.39 is 0 Å². The molecule has 1 aliphatic carbocycles. The number of phenolic OH excluding ortho intramolecular Hbond substituents is 1. The van der Waals surface area contributed by atoms with E-state index in [-0.39, 0.29) is 0 Å². The van der Waals surface area contributed by atoms with E-state index >= 15 is 0 Å². The molecule has 1 aromatic carbocycles. The third-order valence-corrected chi connectivity index (χ3v) is 4.94. The highest BCUT2D eigenvalue weighted by Gasteiger charge is 2.34. The molecule has 1 saturated heterocycles. The van der Waals surface area contributed by atoms with Gasteiger partial charge in [0.15, 0.2) is 0 Å². The Morgan fingerprint density at radius 1 is 1.10 bits per heavy atom. The molecule has 0 bridgehead atoms. The predicted molar refractivity (Wildman–Crippen MR) is 82.0 cm³/mol. The van der Waals surface area contributed by atoms with Crippen molar-refractivity contribution in [1.82, 2.24) is 10.6 Å². The summed E-state index contributed by atoms with van der Waals surface area (Å²) in [5.41, 5.74) is 1.30. The van der Waals surface area contributed by atoms with Crippen molar-refractivity contribution in [2.24, 2.45) is 5.92 Å². The molecular formula is C17H26N2O. The van der Waals surface area contributed by atoms with E-state index in [0.717, 1.165) is 24.9 Å². The number of aromatic hydroxyl groups is 1. The molecule has 3 unspecified atom stereocenters. The smallest absolute Gasteiger partial charge is 0.115 e. The first-order chi connectivity index (χ1) is 9.83. The van der Waals surface area contributed by atoms with Crippen LogP contribution in [0.3, 0.4) is 0 Å². The molecule has 1 saturated carbocycles. The van der Waals surface area contributed by atoms with Gasteiger partial charge in [-0.05, 0) is 68.8 Å². The summed E-state index contributed by atoms with van der Waals surface area (Å²) in [6.45, 7) is 2.25. The molecule has 2 aliphatic rings. The molecular weight excluding hydrogens is 248 g/mol. The van der Waals surface area contributed by atoms with Gasteiger partial charge in [0.25, 0.3) is 0 Å². The Bertz CT molecular complexity index is 412. The van der Waals surface area contributed by atoms with E-state index in [1.54, 1.807) is 12.1 Å². The lowest BCUT2D eigenvalue weighted by atomic mass is 9.93. The van der Waals surface area contributed by atoms with Gasteiger partial charge in [-0.2, -0.15) is 0 Å². The number of rotatable bonds is 5. The van der Waals surface area contributed by atoms with Crippen molar-refractivity contribution >= 4 is 0 Å². The minimum atomic E-state index is 0.352. The number of phenols is 1. The summed E-state index contributed by atoms with van der Waals surface area (Å²) in [7, 11) is 0. The highest BCUT2D eigenvalue weighted by Crippen LogP contribution is 2.31. The van der Waals surface area contributed by atoms with Gasteiger partial charge in [-0.25, -0.2) is 0 Å². The average Bonchev–Trinajstić information content (AvgIpc) is 3.11. The zero-order valence-electron chi connectivity index (χ0n) is 12.1. The summed E-state index contributed by atoms with van der Waals surface area (Å²) in [5, 5.41) is 16.7. The first-order valence-corrected chi connectivity index (χ1v) is 8.07. The first-order valence-electron chi connectivity index (χ1n) is 8.07. The Balaban J connectivity index is 1.46. The molecule has 110 valence electrons. The van der Waals surface area contributed by atoms with Crippen LogP contribution in [-0.4, -0.2) is 30.3 Å². The lowest BCUT2D eigenvalue weighted by Gasteiger charge is -2.26. The van der Waals surface area contributed by atoms with Crippen molar-refractivity contribution in [2.45, 2.75) is 50.6 Å². The van der Waals surface area contributed by atoms with Crippen LogP contribution in [0.4, 0.5) is 0 Å². The highest BCUT2D eigenvalue weighted by atomic mass is 16.3. The van der Waals surface area contributed by atoms with E-state index in [9.17, 15) is 5.11 Å². The number of benzene rings is 1. The number of hydrogen-bond acceptors (Lipinski definition) is 3. The molecule has 3 N–H and O–H groups in total. The highest BCUT2D eigenvalue weighted by molar-refractivity contribution is 5.26. The van der Waals surface area contributed by atoms with Crippen LogP contribution < -0.4 is 10.6 Å². The molecule has 20 heavy (non-hydrogen) atoms. The number of nitrogens with one attached hydrogen (secondary N) is 2. The molecule has 3 heteroatoms. The van der Waals surface area contributed by atoms with Crippen LogP contribution in [-0.2, 0) is 6.42 Å². The van der Waals surface area contributed by atoms with Gasteiger partial charge in [0, 0.05) is 12.1 Å². The summed E-state index contributed by atoms with van der Waals surface area (Å²) in [6, 6.07) is 9.03. The third-order valence-electron chi connectivity index (χ3n) is 4.94. The zero-order valence-corrected chi connectivity index (χ0v) is 12.1. The second-order valence-electron chi connectivity index (χ2n) is 6.27. The van der Waals surface area contributed by atoms with Crippen LogP contribution >= 0.6 is 0 Å². The minimum Gasteiger partial charge on any atom is -0.508 e. The maximum atomic E-state index is 9.29. The SMILES string of the molecule is Oc1ccc(CCNC2CCCC2C2CCCN2)cc1. The van der Waals surface area contributed by atoms with E-state index in [1.165, 1.54) is 44.2 Å². The van der Waals surface area contributed by atoms with Crippen molar-refractivity contribution in [1.29, 1.82) is 0 Å². The van der Waals surface area contributed by atoms with Crippen molar-refractivity contribution in [3.05, 3.63) is 29.8 Å². The van der Waals surface area contributed by atoms with Gasteiger partial charge >= 0.3 is 0 Å². The number of hydrogen-bond donors (Lipinski definition) is 3. The Kier molecular flexibility index (Phi) is 4.58. The second kappa shape index (κ2) is 6.59. The van der Waals surface area contributed by atoms with Gasteiger partial charge in [-0.15, -0.1) is 0 Å². The van der Waals surface area contributed by atoms with Crippen LogP contribution in [0.2, 0.25) is 0 Å². The van der Waals surface area contributed by atoms with Crippen LogP contribution in [0.25, 0.3) is 0 Å². The molecule has 0 spiro atoms. The lowest BCUT2D eigenvalue weighted by molar-refractivity contribution is 0.322. The molecule has 3 rings (SSSR count). The third kappa shape index (κ3) is 3.33. The Hall–Kier alpha value is -1.06. The van der Waals surface area contributed by atoms with Crippen LogP contribution in [0.15, 0.2) is 24.3 Å². The van der Waals surface area contributed by atoms with Crippen molar-refractivity contribution < 1.29 is 5.11 Å². The van der Waals surface area contributed by atoms with Gasteiger partial charge in [0.1, 0.15) is 5.75 Å². The van der Waals surface area contributed by atoms with Gasteiger partial charge < -0.3 is 15.7 Å². The lowest BCUT2D eigenvalue weighted by Crippen LogP contribution is -2.42. The minimum absolute atomic E-state index is 0.352. The molecule has 0 aromatic heterocycles. The quantitative estimate of drug-likeness (QED) is 0.773. The maximum absolute atomic E-state index is 9.29. The van der Waals surface area contributed by atoms with Gasteiger partial charge in [0.05, 0.1) is 0 Å². The molecule has 0 radical (unpaired) electrons. The summed E-state index contributed by atoms with van der Waals surface area (Å²) >= 11 is 0. The fourth-order valence-electron chi connectivity index (χ4n) is 3.87. The monoisotopic (exact) mass is 274 g/mol. The maximum Gasteiger partial charge on any atom is 0.115 e. The molecule has 0 amide bonds. The van der Waals surface area contributed by atoms with Crippen molar-refractivity contribution in [3.63, 3.8) is 0 Å². The predicted octanol–water partition coefficient (Wildman–Crippen LogP) is 2.45. The largest absolute Gasteiger partial charge is 0.508 e. The second-order valence-corrected chi connectivity index (χ2v) is 6.27. The van der Waals surface area contributed by atoms with E-state index in [4.69, 9.17) is 0 Å². The van der Waals surface area contributed by atoms with Gasteiger partial charge in [-0.3, -0.25) is 0 Å². The average molecular weight is 274 g/mol. The molecule has 1 heterocycles. The zero-order chi connectivity index (χ0) is 13.8. The Labute approximate surface area is 121 Å². The summed E-state index contributed by atoms with van der Waals surface area (Å²) in [4.78, 5) is 0. The fourth-order valence-corrected chi connectivity index (χ4v) is 3.87. The van der Waals surface area contributed by atoms with Crippen LogP contribution in [0.1, 0.15) is 37.7 Å². The fraction of sp³-hybridized carbons (Fsp3) is 0.647. The summed E-state index contributed by atoms with van der Waals surface area (Å²) in [6.07, 6.45) is 7.84. The van der Waals surface area contributed by atoms with Gasteiger partial charge in [-0.1, -0.05) is 18.6 Å². The Morgan fingerprint density at radius 3 is 2.70 bits per heavy atom. The van der Waals surface area contributed by atoms with Crippen LogP contribution in [0.5, 0.6) is 5.75 Å². The normalized spacial score (nSPS) is 29.9. The topological polar surface area (TPSA) is 44.3 Å². The molecule has 3 atom stereocenters. The standard InChI is InChI=1S/C17H26N2O/c20-14-8-6-13(7-9-14)10-12-19-16-4-1-3-15(16)17-5-2-11-18-17/h6-9,15-20H,1-5,10-12H2. The molecule has 1 aromatic rings. The Morgan fingerprint density at radius 2 is 1.95 bits per heavy atom. The van der Waals surface area contributed by atoms with Crippen LogP contribution in [0, 0.1) is 5.92 Å². The molecule has 2 fully saturated rings. The van der Waals surface area contributed by atoms with Gasteiger partial charge in [0.2, 0.25) is 0 Å². The van der Waals surface area contributed by atoms with Crippen molar-refractivity contribution in [2.75, 3.05) is 13.1 Å². The molecule has 1 aliphatic heterocycles. The van der Waals surface area contributed by atoms with E-state index in [1.807, 2.05) is 12.1 Å². The first kappa shape index (κ1) is 13.9. The van der Waals surface area contributed by atoms with E-state index in [2.05, 4.69) is 10.6 Å². The molecule has 3 nitrogen and oxygen atoms in total. The van der Waals surface area contributed by atoms with Crippen molar-refractivity contribution in [3.8, 4) is 5.75 Å².